The molecule has 2 aliphatic heterocycles. The Balaban J connectivity index is 2.48. The third-order valence-electron chi connectivity index (χ3n) is 9.04. The summed E-state index contributed by atoms with van der Waals surface area (Å²) in [5.41, 5.74) is -3.78. The van der Waals surface area contributed by atoms with Gasteiger partial charge in [-0.05, 0) is 19.4 Å². The zero-order valence-corrected chi connectivity index (χ0v) is 25.9. The summed E-state index contributed by atoms with van der Waals surface area (Å²) in [7, 11) is 0. The van der Waals surface area contributed by atoms with Crippen molar-refractivity contribution in [2.45, 2.75) is 117 Å². The fourth-order valence-corrected chi connectivity index (χ4v) is 5.61. The Morgan fingerprint density at radius 1 is 0.976 bits per heavy atom. The number of hydrogen-bond acceptors (Lipinski definition) is 11. The molecule has 0 aromatic carbocycles. The average molecular weight is 599 g/mol. The minimum Gasteiger partial charge on any atom is -0.462 e. The SMILES string of the molecule is C/C=C\[C@@H](C)[C@H]1O[C@@H]1[C@H](O)[C@]1(O)COC(=O)C[C@@H](O)C(C)(C)C(=O)[C@H](C)[C@@H](O)/C(C)=C/[C@@H](C)[C@H](O)C[C@@H](O)[C@H](C)C1=O. The van der Waals surface area contributed by atoms with Gasteiger partial charge in [-0.2, -0.15) is 0 Å². The monoisotopic (exact) mass is 598 g/mol. The number of ether oxygens (including phenoxy) is 2. The molecule has 0 unspecified atom stereocenters. The first-order valence-electron chi connectivity index (χ1n) is 14.6. The van der Waals surface area contributed by atoms with E-state index in [1.165, 1.54) is 27.7 Å². The number of carbonyl (C=O) groups excluding carboxylic acids is 3. The Labute approximate surface area is 248 Å². The van der Waals surface area contributed by atoms with E-state index in [2.05, 4.69) is 0 Å². The van der Waals surface area contributed by atoms with Crippen molar-refractivity contribution in [2.24, 2.45) is 29.1 Å². The zero-order valence-electron chi connectivity index (χ0n) is 25.9. The molecule has 0 bridgehead atoms. The number of cyclic esters (lactones) is 1. The van der Waals surface area contributed by atoms with E-state index in [1.54, 1.807) is 26.0 Å². The summed E-state index contributed by atoms with van der Waals surface area (Å²) in [6, 6.07) is 0. The second-order valence-corrected chi connectivity index (χ2v) is 12.8. The first kappa shape index (κ1) is 36.2. The fourth-order valence-electron chi connectivity index (χ4n) is 5.61. The molecule has 0 aromatic rings. The highest BCUT2D eigenvalue weighted by atomic mass is 16.6. The van der Waals surface area contributed by atoms with Crippen molar-refractivity contribution >= 4 is 17.5 Å². The number of ketones is 2. The first-order chi connectivity index (χ1) is 19.3. The fraction of sp³-hybridized carbons (Fsp3) is 0.774. The molecule has 0 saturated carbocycles. The smallest absolute Gasteiger partial charge is 0.308 e. The maximum absolute atomic E-state index is 13.6. The highest BCUT2D eigenvalue weighted by molar-refractivity contribution is 5.91. The van der Waals surface area contributed by atoms with Gasteiger partial charge >= 0.3 is 5.97 Å². The quantitative estimate of drug-likeness (QED) is 0.153. The van der Waals surface area contributed by atoms with Crippen molar-refractivity contribution < 1.29 is 54.5 Å². The van der Waals surface area contributed by atoms with Crippen LogP contribution in [0.15, 0.2) is 23.8 Å². The summed E-state index contributed by atoms with van der Waals surface area (Å²) in [6.45, 7) is 11.6. The van der Waals surface area contributed by atoms with Crippen LogP contribution in [0.25, 0.3) is 0 Å². The molecule has 240 valence electrons. The average Bonchev–Trinajstić information content (AvgIpc) is 3.73. The van der Waals surface area contributed by atoms with E-state index in [1.807, 2.05) is 19.9 Å². The van der Waals surface area contributed by atoms with Gasteiger partial charge in [-0.25, -0.2) is 0 Å². The summed E-state index contributed by atoms with van der Waals surface area (Å²) in [6.07, 6.45) is -4.45. The molecule has 42 heavy (non-hydrogen) atoms. The molecule has 0 aliphatic carbocycles. The lowest BCUT2D eigenvalue weighted by atomic mass is 9.73. The highest BCUT2D eigenvalue weighted by Gasteiger charge is 2.59. The molecule has 2 rings (SSSR count). The summed E-state index contributed by atoms with van der Waals surface area (Å²) >= 11 is 0. The first-order valence-corrected chi connectivity index (χ1v) is 14.6. The van der Waals surface area contributed by atoms with Crippen LogP contribution in [-0.2, 0) is 23.9 Å². The van der Waals surface area contributed by atoms with Gasteiger partial charge < -0.3 is 40.1 Å². The van der Waals surface area contributed by atoms with E-state index < -0.39 is 102 Å². The number of aliphatic hydroxyl groups excluding tert-OH is 5. The van der Waals surface area contributed by atoms with Crippen LogP contribution < -0.4 is 0 Å². The molecule has 0 radical (unpaired) electrons. The Bertz CT molecular complexity index is 1040. The van der Waals surface area contributed by atoms with Crippen molar-refractivity contribution in [3.05, 3.63) is 23.8 Å². The number of hydrogen-bond donors (Lipinski definition) is 6. The largest absolute Gasteiger partial charge is 0.462 e. The van der Waals surface area contributed by atoms with Gasteiger partial charge in [0.1, 0.15) is 24.6 Å². The maximum atomic E-state index is 13.6. The lowest BCUT2D eigenvalue weighted by Crippen LogP contribution is -2.59. The van der Waals surface area contributed by atoms with Gasteiger partial charge in [-0.15, -0.1) is 0 Å². The molecular formula is C31H50O11. The molecule has 6 N–H and O–H groups in total. The predicted molar refractivity (Wildman–Crippen MR) is 153 cm³/mol. The Morgan fingerprint density at radius 2 is 1.57 bits per heavy atom. The topological polar surface area (TPSA) is 194 Å². The van der Waals surface area contributed by atoms with Crippen LogP contribution in [0.1, 0.15) is 68.2 Å². The summed E-state index contributed by atoms with van der Waals surface area (Å²) in [4.78, 5) is 39.7. The minimum atomic E-state index is -2.68. The van der Waals surface area contributed by atoms with Crippen LogP contribution in [0.2, 0.25) is 0 Å². The van der Waals surface area contributed by atoms with Gasteiger partial charge in [0.2, 0.25) is 0 Å². The minimum absolute atomic E-state index is 0.151. The van der Waals surface area contributed by atoms with Gasteiger partial charge in [0.05, 0.1) is 42.4 Å². The van der Waals surface area contributed by atoms with Crippen molar-refractivity contribution in [3.8, 4) is 0 Å². The van der Waals surface area contributed by atoms with Crippen molar-refractivity contribution in [3.63, 3.8) is 0 Å². The van der Waals surface area contributed by atoms with Crippen LogP contribution in [0.5, 0.6) is 0 Å². The highest BCUT2D eigenvalue weighted by Crippen LogP contribution is 2.38. The van der Waals surface area contributed by atoms with E-state index in [0.717, 1.165) is 0 Å². The number of rotatable bonds is 4. The van der Waals surface area contributed by atoms with Crippen LogP contribution >= 0.6 is 0 Å². The predicted octanol–water partition coefficient (Wildman–Crippen LogP) is 0.858. The number of Topliss-reactive ketones (excluding diaryl/α,β-unsaturated/α-hetero) is 2. The van der Waals surface area contributed by atoms with E-state index in [4.69, 9.17) is 9.47 Å². The summed E-state index contributed by atoms with van der Waals surface area (Å²) in [5.74, 6) is -5.60. The molecule has 0 aromatic heterocycles. The number of aliphatic hydroxyl groups is 6. The zero-order chi connectivity index (χ0) is 32.3. The summed E-state index contributed by atoms with van der Waals surface area (Å²) in [5, 5.41) is 66.1. The lowest BCUT2D eigenvalue weighted by molar-refractivity contribution is -0.178. The standard InChI is InChI=1S/C31H50O11/c1-9-10-15(2)25-26(42-25)29(39)31(40)14-41-23(35)13-22(34)30(7,8)27(37)19(6)24(36)17(4)11-16(3)20(32)12-21(33)18(5)28(31)38/h9-11,15-16,18-22,24-26,29,32-34,36,39-40H,12-14H2,1-8H3/b10-9-,17-11+/t15-,16-,18+,19-,20-,21-,22-,24+,25-,26+,29+,31+/m1/s1. The molecule has 1 saturated heterocycles. The van der Waals surface area contributed by atoms with Crippen LogP contribution in [0, 0.1) is 29.1 Å². The van der Waals surface area contributed by atoms with Crippen LogP contribution in [-0.4, -0.2) is 103 Å². The van der Waals surface area contributed by atoms with Gasteiger partial charge in [0.15, 0.2) is 11.4 Å². The Kier molecular flexibility index (Phi) is 12.2. The van der Waals surface area contributed by atoms with Gasteiger partial charge in [-0.3, -0.25) is 14.4 Å². The molecule has 0 amide bonds. The van der Waals surface area contributed by atoms with Gasteiger partial charge in [0, 0.05) is 30.1 Å². The van der Waals surface area contributed by atoms with Gasteiger partial charge in [0.25, 0.3) is 0 Å². The molecule has 0 spiro atoms. The summed E-state index contributed by atoms with van der Waals surface area (Å²) < 4.78 is 10.8. The molecular weight excluding hydrogens is 548 g/mol. The van der Waals surface area contributed by atoms with Crippen LogP contribution in [0.4, 0.5) is 0 Å². The molecule has 12 atom stereocenters. The number of esters is 1. The molecule has 11 heteroatoms. The Morgan fingerprint density at radius 3 is 2.14 bits per heavy atom. The third kappa shape index (κ3) is 7.93. The van der Waals surface area contributed by atoms with Crippen molar-refractivity contribution in [1.29, 1.82) is 0 Å². The van der Waals surface area contributed by atoms with E-state index in [-0.39, 0.29) is 12.3 Å². The van der Waals surface area contributed by atoms with E-state index >= 15 is 0 Å². The van der Waals surface area contributed by atoms with Gasteiger partial charge in [-0.1, -0.05) is 59.8 Å². The van der Waals surface area contributed by atoms with Crippen LogP contribution in [0.3, 0.4) is 0 Å². The second-order valence-electron chi connectivity index (χ2n) is 12.8. The van der Waals surface area contributed by atoms with E-state index in [0.29, 0.717) is 5.57 Å². The Hall–Kier alpha value is -1.99. The molecule has 11 nitrogen and oxygen atoms in total. The normalized spacial score (nSPS) is 42.2. The number of allylic oxidation sites excluding steroid dienone is 1. The molecule has 2 heterocycles. The number of epoxide rings is 1. The maximum Gasteiger partial charge on any atom is 0.308 e. The molecule has 1 fully saturated rings. The lowest BCUT2D eigenvalue weighted by Gasteiger charge is -2.35. The second kappa shape index (κ2) is 14.2. The van der Waals surface area contributed by atoms with E-state index in [9.17, 15) is 45.0 Å². The third-order valence-corrected chi connectivity index (χ3v) is 9.04. The van der Waals surface area contributed by atoms with Crippen molar-refractivity contribution in [2.75, 3.05) is 6.61 Å². The van der Waals surface area contributed by atoms with Crippen molar-refractivity contribution in [1.82, 2.24) is 0 Å². The number of carbonyl (C=O) groups is 3. The molecule has 2 aliphatic rings.